The second-order valence-electron chi connectivity index (χ2n) is 6.70. The van der Waals surface area contributed by atoms with Crippen LogP contribution in [0.2, 0.25) is 0 Å². The van der Waals surface area contributed by atoms with Crippen molar-refractivity contribution < 1.29 is 4.74 Å². The van der Waals surface area contributed by atoms with E-state index in [1.54, 1.807) is 11.3 Å². The van der Waals surface area contributed by atoms with Crippen LogP contribution in [-0.2, 0) is 6.42 Å². The van der Waals surface area contributed by atoms with Crippen molar-refractivity contribution in [1.29, 1.82) is 0 Å². The van der Waals surface area contributed by atoms with Gasteiger partial charge in [0.25, 0.3) is 5.19 Å². The van der Waals surface area contributed by atoms with Gasteiger partial charge in [0.1, 0.15) is 5.75 Å². The molecule has 1 aromatic heterocycles. The summed E-state index contributed by atoms with van der Waals surface area (Å²) in [6.07, 6.45) is 6.62. The maximum atomic E-state index is 5.93. The van der Waals surface area contributed by atoms with Crippen molar-refractivity contribution in [2.75, 3.05) is 19.6 Å². The summed E-state index contributed by atoms with van der Waals surface area (Å²) in [5.74, 6) is 0.859. The molecule has 3 nitrogen and oxygen atoms in total. The van der Waals surface area contributed by atoms with Crippen molar-refractivity contribution in [3.8, 4) is 10.9 Å². The van der Waals surface area contributed by atoms with Crippen molar-refractivity contribution >= 4 is 21.6 Å². The molecule has 0 radical (unpaired) electrons. The Bertz CT molecular complexity index is 771. The van der Waals surface area contributed by atoms with Gasteiger partial charge in [0.2, 0.25) is 0 Å². The third-order valence-electron chi connectivity index (χ3n) is 4.82. The van der Waals surface area contributed by atoms with E-state index in [9.17, 15) is 0 Å². The van der Waals surface area contributed by atoms with Crippen LogP contribution in [0.1, 0.15) is 31.2 Å². The molecular formula is C21H24N2OS. The van der Waals surface area contributed by atoms with E-state index in [0.717, 1.165) is 28.9 Å². The highest BCUT2D eigenvalue weighted by Crippen LogP contribution is 2.31. The number of thiazole rings is 1. The predicted octanol–water partition coefficient (Wildman–Crippen LogP) is 5.51. The van der Waals surface area contributed by atoms with Crippen LogP contribution >= 0.6 is 11.3 Å². The molecule has 0 spiro atoms. The first-order chi connectivity index (χ1) is 12.4. The Labute approximate surface area is 153 Å². The van der Waals surface area contributed by atoms with Gasteiger partial charge in [0.15, 0.2) is 0 Å². The van der Waals surface area contributed by atoms with Gasteiger partial charge in [-0.15, -0.1) is 0 Å². The largest absolute Gasteiger partial charge is 0.431 e. The molecule has 0 atom stereocenters. The van der Waals surface area contributed by atoms with E-state index in [-0.39, 0.29) is 0 Å². The first-order valence-corrected chi connectivity index (χ1v) is 10.0. The third kappa shape index (κ3) is 4.39. The number of fused-ring (bicyclic) bond motifs is 1. The van der Waals surface area contributed by atoms with E-state index in [1.165, 1.54) is 44.3 Å². The molecule has 1 saturated heterocycles. The Hall–Kier alpha value is -1.91. The Morgan fingerprint density at radius 2 is 1.68 bits per heavy atom. The van der Waals surface area contributed by atoms with E-state index in [2.05, 4.69) is 40.2 Å². The summed E-state index contributed by atoms with van der Waals surface area (Å²) < 4.78 is 7.09. The number of aromatic nitrogens is 1. The molecule has 1 fully saturated rings. The van der Waals surface area contributed by atoms with Crippen molar-refractivity contribution in [2.24, 2.45) is 0 Å². The fourth-order valence-electron chi connectivity index (χ4n) is 3.37. The SMILES string of the molecule is c1ccc2sc(Oc3ccc(CCN4CCCCCC4)cc3)nc2c1. The molecule has 2 heterocycles. The normalized spacial score (nSPS) is 16.0. The van der Waals surface area contributed by atoms with Crippen LogP contribution in [0.4, 0.5) is 0 Å². The summed E-state index contributed by atoms with van der Waals surface area (Å²) in [4.78, 5) is 7.14. The van der Waals surface area contributed by atoms with Gasteiger partial charge < -0.3 is 9.64 Å². The molecule has 1 aliphatic rings. The molecule has 0 N–H and O–H groups in total. The number of ether oxygens (including phenoxy) is 1. The summed E-state index contributed by atoms with van der Waals surface area (Å²) in [5.41, 5.74) is 2.37. The highest BCUT2D eigenvalue weighted by molar-refractivity contribution is 7.20. The average molecular weight is 353 g/mol. The molecular weight excluding hydrogens is 328 g/mol. The van der Waals surface area contributed by atoms with Crippen LogP contribution in [0, 0.1) is 0 Å². The summed E-state index contributed by atoms with van der Waals surface area (Å²) in [6.45, 7) is 3.69. The summed E-state index contributed by atoms with van der Waals surface area (Å²) in [5, 5.41) is 0.707. The van der Waals surface area contributed by atoms with Gasteiger partial charge in [-0.25, -0.2) is 4.98 Å². The van der Waals surface area contributed by atoms with E-state index in [1.807, 2.05) is 18.2 Å². The lowest BCUT2D eigenvalue weighted by Gasteiger charge is -2.19. The number of hydrogen-bond acceptors (Lipinski definition) is 4. The van der Waals surface area contributed by atoms with Gasteiger partial charge in [0, 0.05) is 6.54 Å². The molecule has 0 aliphatic carbocycles. The second kappa shape index (κ2) is 7.98. The highest BCUT2D eigenvalue weighted by Gasteiger charge is 2.09. The van der Waals surface area contributed by atoms with Gasteiger partial charge >= 0.3 is 0 Å². The molecule has 2 aromatic carbocycles. The van der Waals surface area contributed by atoms with Crippen molar-refractivity contribution in [3.63, 3.8) is 0 Å². The lowest BCUT2D eigenvalue weighted by Crippen LogP contribution is -2.26. The van der Waals surface area contributed by atoms with Crippen LogP contribution in [0.15, 0.2) is 48.5 Å². The first kappa shape index (κ1) is 16.6. The van der Waals surface area contributed by atoms with Gasteiger partial charge in [-0.05, 0) is 62.2 Å². The number of hydrogen-bond donors (Lipinski definition) is 0. The van der Waals surface area contributed by atoms with Gasteiger partial charge in [-0.2, -0.15) is 0 Å². The average Bonchev–Trinajstić information content (AvgIpc) is 2.86. The fraction of sp³-hybridized carbons (Fsp3) is 0.381. The monoisotopic (exact) mass is 352 g/mol. The topological polar surface area (TPSA) is 25.4 Å². The van der Waals surface area contributed by atoms with Crippen molar-refractivity contribution in [1.82, 2.24) is 9.88 Å². The zero-order valence-electron chi connectivity index (χ0n) is 14.5. The fourth-order valence-corrected chi connectivity index (χ4v) is 4.20. The van der Waals surface area contributed by atoms with Crippen molar-refractivity contribution in [3.05, 3.63) is 54.1 Å². The molecule has 4 heteroatoms. The maximum Gasteiger partial charge on any atom is 0.279 e. The van der Waals surface area contributed by atoms with Crippen LogP contribution in [0.25, 0.3) is 10.2 Å². The zero-order valence-corrected chi connectivity index (χ0v) is 15.3. The molecule has 25 heavy (non-hydrogen) atoms. The molecule has 0 amide bonds. The van der Waals surface area contributed by atoms with Gasteiger partial charge in [0.05, 0.1) is 10.2 Å². The van der Waals surface area contributed by atoms with E-state index in [0.29, 0.717) is 5.19 Å². The molecule has 0 saturated carbocycles. The number of benzene rings is 2. The van der Waals surface area contributed by atoms with E-state index < -0.39 is 0 Å². The van der Waals surface area contributed by atoms with E-state index in [4.69, 9.17) is 4.74 Å². The summed E-state index contributed by atoms with van der Waals surface area (Å²) in [6, 6.07) is 16.6. The second-order valence-corrected chi connectivity index (χ2v) is 7.69. The number of para-hydroxylation sites is 1. The summed E-state index contributed by atoms with van der Waals surface area (Å²) >= 11 is 1.59. The molecule has 0 unspecified atom stereocenters. The zero-order chi connectivity index (χ0) is 16.9. The molecule has 0 bridgehead atoms. The number of rotatable bonds is 5. The predicted molar refractivity (Wildman–Crippen MR) is 105 cm³/mol. The smallest absolute Gasteiger partial charge is 0.279 e. The number of nitrogens with zero attached hydrogens (tertiary/aromatic N) is 2. The standard InChI is InChI=1S/C21H24N2OS/c1-2-6-15-23(14-5-1)16-13-17-9-11-18(12-10-17)24-21-22-19-7-3-4-8-20(19)25-21/h3-4,7-12H,1-2,5-6,13-16H2. The lowest BCUT2D eigenvalue weighted by atomic mass is 10.1. The quantitative estimate of drug-likeness (QED) is 0.605. The molecule has 130 valence electrons. The maximum absolute atomic E-state index is 5.93. The summed E-state index contributed by atoms with van der Waals surface area (Å²) in [7, 11) is 0. The van der Waals surface area contributed by atoms with Gasteiger partial charge in [-0.3, -0.25) is 0 Å². The third-order valence-corrected chi connectivity index (χ3v) is 5.73. The van der Waals surface area contributed by atoms with Crippen LogP contribution < -0.4 is 4.74 Å². The minimum atomic E-state index is 0.707. The minimum absolute atomic E-state index is 0.707. The Morgan fingerprint density at radius 3 is 2.44 bits per heavy atom. The van der Waals surface area contributed by atoms with Crippen LogP contribution in [-0.4, -0.2) is 29.5 Å². The Kier molecular flexibility index (Phi) is 5.28. The molecule has 3 aromatic rings. The Morgan fingerprint density at radius 1 is 0.920 bits per heavy atom. The first-order valence-electron chi connectivity index (χ1n) is 9.21. The van der Waals surface area contributed by atoms with E-state index >= 15 is 0 Å². The Balaban J connectivity index is 1.34. The number of likely N-dealkylation sites (tertiary alicyclic amines) is 1. The molecule has 4 rings (SSSR count). The molecule has 1 aliphatic heterocycles. The lowest BCUT2D eigenvalue weighted by molar-refractivity contribution is 0.289. The van der Waals surface area contributed by atoms with Gasteiger partial charge in [-0.1, -0.05) is 48.4 Å². The highest BCUT2D eigenvalue weighted by atomic mass is 32.1. The van der Waals surface area contributed by atoms with Crippen molar-refractivity contribution in [2.45, 2.75) is 32.1 Å². The van der Waals surface area contributed by atoms with Crippen LogP contribution in [0.3, 0.4) is 0 Å². The minimum Gasteiger partial charge on any atom is -0.431 e. The van der Waals surface area contributed by atoms with Crippen LogP contribution in [0.5, 0.6) is 10.9 Å².